The van der Waals surface area contributed by atoms with E-state index < -0.39 is 66.4 Å². The molecule has 1 aromatic rings. The number of amides is 4. The molecule has 1 saturated heterocycles. The maximum absolute atomic E-state index is 13.4. The van der Waals surface area contributed by atoms with Gasteiger partial charge in [-0.25, -0.2) is 14.4 Å². The fourth-order valence-corrected chi connectivity index (χ4v) is 4.72. The molecular weight excluding hydrogens is 606 g/mol. The van der Waals surface area contributed by atoms with Gasteiger partial charge in [0.25, 0.3) is 0 Å². The molecule has 1 aliphatic rings. The molecule has 46 heavy (non-hydrogen) atoms. The van der Waals surface area contributed by atoms with Gasteiger partial charge in [-0.1, -0.05) is 44.2 Å². The van der Waals surface area contributed by atoms with Gasteiger partial charge in [-0.2, -0.15) is 0 Å². The van der Waals surface area contributed by atoms with Crippen LogP contribution in [0.3, 0.4) is 0 Å². The molecule has 16 heteroatoms. The predicted molar refractivity (Wildman–Crippen MR) is 161 cm³/mol. The second-order valence-corrected chi connectivity index (χ2v) is 11.4. The minimum absolute atomic E-state index is 0.0574. The van der Waals surface area contributed by atoms with Crippen molar-refractivity contribution >= 4 is 41.7 Å². The zero-order chi connectivity index (χ0) is 34.2. The van der Waals surface area contributed by atoms with Crippen molar-refractivity contribution in [2.24, 2.45) is 5.92 Å². The highest BCUT2D eigenvalue weighted by molar-refractivity contribution is 5.95. The lowest BCUT2D eigenvalue weighted by molar-refractivity contribution is -0.144. The summed E-state index contributed by atoms with van der Waals surface area (Å²) >= 11 is 0. The third kappa shape index (κ3) is 13.5. The molecular formula is C30H43N5O11. The van der Waals surface area contributed by atoms with Crippen LogP contribution in [0.2, 0.25) is 0 Å². The molecule has 0 bridgehead atoms. The van der Waals surface area contributed by atoms with Crippen molar-refractivity contribution in [1.82, 2.24) is 26.2 Å². The van der Waals surface area contributed by atoms with E-state index in [-0.39, 0.29) is 44.2 Å². The smallest absolute Gasteiger partial charge is 0.408 e. The SMILES string of the molecule is CC(C)C[C@H](NC(=O)[C@H](CC(=O)O)NC(=O)[C@H](CC(=O)N1CCCC1)NCC[C@@H](NC(=O)OCc1ccccc1)C(=O)O)C(=O)O. The average Bonchev–Trinajstić information content (AvgIpc) is 3.53. The Labute approximate surface area is 266 Å². The van der Waals surface area contributed by atoms with Gasteiger partial charge in [-0.3, -0.25) is 19.2 Å². The first-order chi connectivity index (χ1) is 21.8. The zero-order valence-electron chi connectivity index (χ0n) is 25.9. The number of carboxylic acids is 3. The average molecular weight is 650 g/mol. The van der Waals surface area contributed by atoms with E-state index in [0.717, 1.165) is 12.8 Å². The highest BCUT2D eigenvalue weighted by Gasteiger charge is 2.33. The molecule has 254 valence electrons. The second-order valence-electron chi connectivity index (χ2n) is 11.4. The van der Waals surface area contributed by atoms with Crippen molar-refractivity contribution in [2.75, 3.05) is 19.6 Å². The van der Waals surface area contributed by atoms with E-state index in [4.69, 9.17) is 4.74 Å². The minimum Gasteiger partial charge on any atom is -0.481 e. The van der Waals surface area contributed by atoms with E-state index in [0.29, 0.717) is 18.7 Å². The van der Waals surface area contributed by atoms with Gasteiger partial charge >= 0.3 is 24.0 Å². The number of benzene rings is 1. The lowest BCUT2D eigenvalue weighted by Gasteiger charge is -2.25. The van der Waals surface area contributed by atoms with Crippen LogP contribution in [-0.2, 0) is 40.1 Å². The van der Waals surface area contributed by atoms with E-state index in [9.17, 15) is 48.9 Å². The Kier molecular flexibility index (Phi) is 15.4. The summed E-state index contributed by atoms with van der Waals surface area (Å²) in [6.07, 6.45) is -0.839. The van der Waals surface area contributed by atoms with Gasteiger partial charge in [0, 0.05) is 13.1 Å². The first-order valence-corrected chi connectivity index (χ1v) is 15.0. The topological polar surface area (TPSA) is 241 Å². The van der Waals surface area contributed by atoms with Gasteiger partial charge in [0.1, 0.15) is 24.7 Å². The van der Waals surface area contributed by atoms with E-state index in [1.807, 2.05) is 0 Å². The molecule has 16 nitrogen and oxygen atoms in total. The Morgan fingerprint density at radius 2 is 1.37 bits per heavy atom. The minimum atomic E-state index is -1.67. The van der Waals surface area contributed by atoms with Crippen LogP contribution in [0.5, 0.6) is 0 Å². The maximum atomic E-state index is 13.4. The summed E-state index contributed by atoms with van der Waals surface area (Å²) in [6.45, 7) is 4.18. The molecule has 1 fully saturated rings. The quantitative estimate of drug-likeness (QED) is 0.107. The number of alkyl carbamates (subject to hydrolysis) is 1. The number of aliphatic carboxylic acids is 3. The third-order valence-corrected chi connectivity index (χ3v) is 7.11. The van der Waals surface area contributed by atoms with Gasteiger partial charge in [0.05, 0.1) is 18.9 Å². The van der Waals surface area contributed by atoms with Crippen molar-refractivity contribution in [3.05, 3.63) is 35.9 Å². The summed E-state index contributed by atoms with van der Waals surface area (Å²) in [5.41, 5.74) is 0.691. The zero-order valence-corrected chi connectivity index (χ0v) is 25.9. The highest BCUT2D eigenvalue weighted by atomic mass is 16.5. The van der Waals surface area contributed by atoms with Crippen molar-refractivity contribution in [2.45, 2.75) is 83.1 Å². The fourth-order valence-electron chi connectivity index (χ4n) is 4.72. The number of hydrogen-bond donors (Lipinski definition) is 7. The van der Waals surface area contributed by atoms with Crippen LogP contribution in [0.25, 0.3) is 0 Å². The molecule has 1 aromatic carbocycles. The molecule has 0 radical (unpaired) electrons. The normalized spacial score (nSPS) is 15.2. The molecule has 4 atom stereocenters. The number of carboxylic acid groups (broad SMARTS) is 3. The number of ether oxygens (including phenoxy) is 1. The Hall–Kier alpha value is -4.73. The summed E-state index contributed by atoms with van der Waals surface area (Å²) in [4.78, 5) is 87.9. The Balaban J connectivity index is 2.10. The van der Waals surface area contributed by atoms with Crippen LogP contribution in [0, 0.1) is 5.92 Å². The molecule has 1 heterocycles. The number of nitrogens with one attached hydrogen (secondary N) is 4. The summed E-state index contributed by atoms with van der Waals surface area (Å²) < 4.78 is 5.07. The number of hydrogen-bond acceptors (Lipinski definition) is 9. The van der Waals surface area contributed by atoms with Crippen molar-refractivity contribution in [3.8, 4) is 0 Å². The number of carbonyl (C=O) groups excluding carboxylic acids is 4. The van der Waals surface area contributed by atoms with Crippen molar-refractivity contribution < 1.29 is 53.6 Å². The van der Waals surface area contributed by atoms with E-state index in [1.54, 1.807) is 49.1 Å². The predicted octanol–water partition coefficient (Wildman–Crippen LogP) is 0.302. The van der Waals surface area contributed by atoms with Gasteiger partial charge < -0.3 is 46.2 Å². The second kappa shape index (κ2) is 18.9. The largest absolute Gasteiger partial charge is 0.481 e. The van der Waals surface area contributed by atoms with Gasteiger partial charge in [0.2, 0.25) is 17.7 Å². The van der Waals surface area contributed by atoms with Gasteiger partial charge in [-0.05, 0) is 43.7 Å². The number of nitrogens with zero attached hydrogens (tertiary/aromatic N) is 1. The molecule has 0 aromatic heterocycles. The lowest BCUT2D eigenvalue weighted by atomic mass is 10.0. The first kappa shape index (κ1) is 37.5. The molecule has 1 aliphatic heterocycles. The summed E-state index contributed by atoms with van der Waals surface area (Å²) in [6, 6.07) is 2.99. The number of rotatable bonds is 19. The van der Waals surface area contributed by atoms with E-state index >= 15 is 0 Å². The fraction of sp³-hybridized carbons (Fsp3) is 0.567. The van der Waals surface area contributed by atoms with Crippen LogP contribution < -0.4 is 21.3 Å². The standard InChI is InChI=1S/C30H43N5O11/c1-18(2)14-23(29(43)44)33-27(40)22(16-25(37)38)32-26(39)21(15-24(36)35-12-6-7-13-35)31-11-10-20(28(41)42)34-30(45)46-17-19-8-4-3-5-9-19/h3-5,8-9,18,20-23,31H,6-7,10-17H2,1-2H3,(H,32,39)(H,33,40)(H,34,45)(H,37,38)(H,41,42)(H,43,44)/t20-,21+,22+,23+/m1/s1. The number of likely N-dealkylation sites (tertiary alicyclic amines) is 1. The molecule has 2 rings (SSSR count). The molecule has 4 amide bonds. The Bertz CT molecular complexity index is 1220. The van der Waals surface area contributed by atoms with Crippen LogP contribution >= 0.6 is 0 Å². The van der Waals surface area contributed by atoms with Crippen molar-refractivity contribution in [1.29, 1.82) is 0 Å². The summed E-state index contributed by atoms with van der Waals surface area (Å²) in [7, 11) is 0. The van der Waals surface area contributed by atoms with Gasteiger partial charge in [-0.15, -0.1) is 0 Å². The van der Waals surface area contributed by atoms with E-state index in [1.165, 1.54) is 0 Å². The lowest BCUT2D eigenvalue weighted by Crippen LogP contribution is -2.56. The molecule has 0 spiro atoms. The van der Waals surface area contributed by atoms with Crippen LogP contribution in [0.1, 0.15) is 57.9 Å². The number of carbonyl (C=O) groups is 7. The van der Waals surface area contributed by atoms with Crippen LogP contribution in [0.15, 0.2) is 30.3 Å². The Morgan fingerprint density at radius 3 is 1.93 bits per heavy atom. The van der Waals surface area contributed by atoms with E-state index in [2.05, 4.69) is 21.3 Å². The first-order valence-electron chi connectivity index (χ1n) is 15.0. The monoisotopic (exact) mass is 649 g/mol. The molecule has 0 aliphatic carbocycles. The van der Waals surface area contributed by atoms with Gasteiger partial charge in [0.15, 0.2) is 0 Å². The van der Waals surface area contributed by atoms with Crippen LogP contribution in [0.4, 0.5) is 4.79 Å². The van der Waals surface area contributed by atoms with Crippen molar-refractivity contribution in [3.63, 3.8) is 0 Å². The highest BCUT2D eigenvalue weighted by Crippen LogP contribution is 2.11. The summed E-state index contributed by atoms with van der Waals surface area (Å²) in [5, 5.41) is 38.1. The third-order valence-electron chi connectivity index (χ3n) is 7.11. The molecule has 0 unspecified atom stereocenters. The summed E-state index contributed by atoms with van der Waals surface area (Å²) in [5.74, 6) is -6.60. The maximum Gasteiger partial charge on any atom is 0.408 e. The molecule has 0 saturated carbocycles. The Morgan fingerprint density at radius 1 is 0.783 bits per heavy atom. The van der Waals surface area contributed by atoms with Crippen LogP contribution in [-0.4, -0.2) is 106 Å². The molecule has 7 N–H and O–H groups in total.